The highest BCUT2D eigenvalue weighted by Gasteiger charge is 2.18. The van der Waals surface area contributed by atoms with E-state index < -0.39 is 0 Å². The van der Waals surface area contributed by atoms with Crippen molar-refractivity contribution >= 4 is 50.4 Å². The van der Waals surface area contributed by atoms with Crippen LogP contribution in [0.3, 0.4) is 0 Å². The molecule has 0 aliphatic rings. The molecule has 0 spiro atoms. The molecule has 1 unspecified atom stereocenters. The van der Waals surface area contributed by atoms with Gasteiger partial charge in [0.15, 0.2) is 0 Å². The van der Waals surface area contributed by atoms with Gasteiger partial charge in [-0.1, -0.05) is 19.1 Å². The third-order valence-electron chi connectivity index (χ3n) is 2.13. The van der Waals surface area contributed by atoms with Crippen LogP contribution < -0.4 is 11.1 Å². The first-order chi connectivity index (χ1) is 7.54. The van der Waals surface area contributed by atoms with E-state index in [0.29, 0.717) is 13.0 Å². The molecule has 0 aliphatic heterocycles. The maximum atomic E-state index is 11.7. The van der Waals surface area contributed by atoms with E-state index in [1.54, 1.807) is 11.3 Å². The monoisotopic (exact) mass is 320 g/mol. The number of thiocarbonyl (C=S) groups is 1. The molecule has 0 radical (unpaired) electrons. The Balaban J connectivity index is 2.49. The van der Waals surface area contributed by atoms with Gasteiger partial charge in [-0.05, 0) is 34.5 Å². The molecule has 0 aliphatic carbocycles. The first kappa shape index (κ1) is 13.6. The molecule has 3 N–H and O–H groups in total. The Morgan fingerprint density at radius 1 is 1.69 bits per heavy atom. The van der Waals surface area contributed by atoms with E-state index in [0.717, 1.165) is 8.66 Å². The zero-order chi connectivity index (χ0) is 12.1. The van der Waals surface area contributed by atoms with Crippen molar-refractivity contribution in [2.45, 2.75) is 19.9 Å². The average Bonchev–Trinajstić information content (AvgIpc) is 2.62. The average molecular weight is 321 g/mol. The van der Waals surface area contributed by atoms with E-state index in [2.05, 4.69) is 21.2 Å². The van der Waals surface area contributed by atoms with Gasteiger partial charge >= 0.3 is 0 Å². The minimum Gasteiger partial charge on any atom is -0.393 e. The molecule has 88 valence electrons. The fourth-order valence-corrected chi connectivity index (χ4v) is 2.96. The van der Waals surface area contributed by atoms with Crippen LogP contribution in [0.2, 0.25) is 0 Å². The van der Waals surface area contributed by atoms with Crippen LogP contribution in [-0.4, -0.2) is 10.9 Å². The lowest BCUT2D eigenvalue weighted by Gasteiger charge is -2.12. The number of nitrogens with one attached hydrogen (secondary N) is 1. The van der Waals surface area contributed by atoms with Gasteiger partial charge in [0.1, 0.15) is 0 Å². The number of nitrogens with two attached hydrogens (primary N) is 1. The second-order valence-electron chi connectivity index (χ2n) is 3.29. The Morgan fingerprint density at radius 3 is 2.81 bits per heavy atom. The van der Waals surface area contributed by atoms with Crippen LogP contribution >= 0.6 is 39.5 Å². The Kier molecular flexibility index (Phi) is 5.37. The molecule has 6 heteroatoms. The summed E-state index contributed by atoms with van der Waals surface area (Å²) in [6, 6.07) is 3.92. The molecule has 1 atom stereocenters. The van der Waals surface area contributed by atoms with E-state index in [-0.39, 0.29) is 16.8 Å². The van der Waals surface area contributed by atoms with Gasteiger partial charge in [-0.25, -0.2) is 0 Å². The first-order valence-corrected chi connectivity index (χ1v) is 6.87. The summed E-state index contributed by atoms with van der Waals surface area (Å²) in [6.07, 6.45) is 0.634. The normalized spacial score (nSPS) is 12.1. The summed E-state index contributed by atoms with van der Waals surface area (Å²) in [5.74, 6) is -0.460. The van der Waals surface area contributed by atoms with Gasteiger partial charge < -0.3 is 11.1 Å². The predicted molar refractivity (Wildman–Crippen MR) is 74.4 cm³/mol. The van der Waals surface area contributed by atoms with Crippen LogP contribution in [0, 0.1) is 5.92 Å². The van der Waals surface area contributed by atoms with Gasteiger partial charge in [0.25, 0.3) is 0 Å². The van der Waals surface area contributed by atoms with Crippen LogP contribution in [-0.2, 0) is 11.3 Å². The SMILES string of the molecule is CCC(C(=O)NCc1ccc(Br)s1)C(N)=S. The van der Waals surface area contributed by atoms with Gasteiger partial charge in [-0.15, -0.1) is 11.3 Å². The molecule has 1 rings (SSSR count). The summed E-state index contributed by atoms with van der Waals surface area (Å²) >= 11 is 9.80. The van der Waals surface area contributed by atoms with Crippen molar-refractivity contribution in [2.24, 2.45) is 11.7 Å². The van der Waals surface area contributed by atoms with Crippen molar-refractivity contribution in [3.63, 3.8) is 0 Å². The molecule has 0 aromatic carbocycles. The molecule has 0 fully saturated rings. The number of thiophene rings is 1. The van der Waals surface area contributed by atoms with E-state index >= 15 is 0 Å². The van der Waals surface area contributed by atoms with Crippen LogP contribution in [0.25, 0.3) is 0 Å². The maximum Gasteiger partial charge on any atom is 0.230 e. The van der Waals surface area contributed by atoms with Crippen LogP contribution in [0.15, 0.2) is 15.9 Å². The number of hydrogen-bond donors (Lipinski definition) is 2. The van der Waals surface area contributed by atoms with Crippen molar-refractivity contribution < 1.29 is 4.79 Å². The first-order valence-electron chi connectivity index (χ1n) is 4.85. The van der Waals surface area contributed by atoms with Gasteiger partial charge in [-0.3, -0.25) is 4.79 Å². The summed E-state index contributed by atoms with van der Waals surface area (Å²) in [5, 5.41) is 2.83. The Morgan fingerprint density at radius 2 is 2.38 bits per heavy atom. The fraction of sp³-hybridized carbons (Fsp3) is 0.400. The molecule has 3 nitrogen and oxygen atoms in total. The van der Waals surface area contributed by atoms with Crippen molar-refractivity contribution in [1.82, 2.24) is 5.32 Å². The lowest BCUT2D eigenvalue weighted by molar-refractivity contribution is -0.123. The fourth-order valence-electron chi connectivity index (χ4n) is 1.26. The van der Waals surface area contributed by atoms with Crippen molar-refractivity contribution in [3.05, 3.63) is 20.8 Å². The minimum absolute atomic E-state index is 0.0977. The molecule has 1 aromatic rings. The molecule has 1 aromatic heterocycles. The lowest BCUT2D eigenvalue weighted by atomic mass is 10.1. The summed E-state index contributed by atoms with van der Waals surface area (Å²) in [6.45, 7) is 2.42. The summed E-state index contributed by atoms with van der Waals surface area (Å²) < 4.78 is 1.05. The predicted octanol–water partition coefficient (Wildman–Crippen LogP) is 2.44. The third kappa shape index (κ3) is 3.84. The number of halogens is 1. The largest absolute Gasteiger partial charge is 0.393 e. The van der Waals surface area contributed by atoms with Crippen LogP contribution in [0.5, 0.6) is 0 Å². The molecule has 0 saturated carbocycles. The van der Waals surface area contributed by atoms with E-state index in [1.165, 1.54) is 0 Å². The second-order valence-corrected chi connectivity index (χ2v) is 6.31. The molecular weight excluding hydrogens is 308 g/mol. The Bertz CT molecular complexity index is 392. The highest BCUT2D eigenvalue weighted by atomic mass is 79.9. The van der Waals surface area contributed by atoms with E-state index in [1.807, 2.05) is 19.1 Å². The molecule has 1 amide bonds. The zero-order valence-corrected chi connectivity index (χ0v) is 12.0. The third-order valence-corrected chi connectivity index (χ3v) is 4.04. The van der Waals surface area contributed by atoms with Gasteiger partial charge in [0.2, 0.25) is 5.91 Å². The van der Waals surface area contributed by atoms with Gasteiger partial charge in [-0.2, -0.15) is 0 Å². The van der Waals surface area contributed by atoms with Crippen molar-refractivity contribution in [1.29, 1.82) is 0 Å². The molecular formula is C10H13BrN2OS2. The number of rotatable bonds is 5. The Hall–Kier alpha value is -0.460. The number of carbonyl (C=O) groups excluding carboxylic acids is 1. The second kappa shape index (κ2) is 6.32. The smallest absolute Gasteiger partial charge is 0.230 e. The topological polar surface area (TPSA) is 55.1 Å². The molecule has 1 heterocycles. The standard InChI is InChI=1S/C10H13BrN2OS2/c1-2-7(9(12)15)10(14)13-5-6-3-4-8(11)16-6/h3-4,7H,2,5H2,1H3,(H2,12,15)(H,13,14). The van der Waals surface area contributed by atoms with Crippen LogP contribution in [0.4, 0.5) is 0 Å². The highest BCUT2D eigenvalue weighted by Crippen LogP contribution is 2.21. The molecule has 16 heavy (non-hydrogen) atoms. The lowest BCUT2D eigenvalue weighted by Crippen LogP contribution is -2.37. The van der Waals surface area contributed by atoms with Crippen LogP contribution in [0.1, 0.15) is 18.2 Å². The number of carbonyl (C=O) groups is 1. The Labute approximate surface area is 113 Å². The van der Waals surface area contributed by atoms with E-state index in [4.69, 9.17) is 18.0 Å². The summed E-state index contributed by atoms with van der Waals surface area (Å²) in [5.41, 5.74) is 5.49. The van der Waals surface area contributed by atoms with Gasteiger partial charge in [0.05, 0.1) is 21.2 Å². The number of hydrogen-bond acceptors (Lipinski definition) is 3. The minimum atomic E-state index is -0.363. The highest BCUT2D eigenvalue weighted by molar-refractivity contribution is 9.11. The van der Waals surface area contributed by atoms with Crippen molar-refractivity contribution in [2.75, 3.05) is 0 Å². The quantitative estimate of drug-likeness (QED) is 0.819. The number of amides is 1. The van der Waals surface area contributed by atoms with E-state index in [9.17, 15) is 4.79 Å². The van der Waals surface area contributed by atoms with Gasteiger partial charge in [0, 0.05) is 4.88 Å². The zero-order valence-electron chi connectivity index (χ0n) is 8.83. The van der Waals surface area contributed by atoms with Crippen molar-refractivity contribution in [3.8, 4) is 0 Å². The summed E-state index contributed by atoms with van der Waals surface area (Å²) in [4.78, 5) is 13.1. The summed E-state index contributed by atoms with van der Waals surface area (Å²) in [7, 11) is 0. The molecule has 0 saturated heterocycles. The maximum absolute atomic E-state index is 11.7. The molecule has 0 bridgehead atoms.